The predicted octanol–water partition coefficient (Wildman–Crippen LogP) is 1.11. The smallest absolute Gasteiger partial charge is 0.244 e. The van der Waals surface area contributed by atoms with Crippen molar-refractivity contribution in [3.63, 3.8) is 0 Å². The molecule has 1 aliphatic heterocycles. The molecular weight excluding hydrogens is 228 g/mol. The van der Waals surface area contributed by atoms with Gasteiger partial charge in [0.1, 0.15) is 6.04 Å². The highest BCUT2D eigenvalue weighted by Crippen LogP contribution is 2.27. The summed E-state index contributed by atoms with van der Waals surface area (Å²) >= 11 is 0. The van der Waals surface area contributed by atoms with Crippen LogP contribution in [0.2, 0.25) is 0 Å². The number of anilines is 2. The molecule has 0 saturated carbocycles. The molecule has 0 aliphatic carbocycles. The first-order valence-electron chi connectivity index (χ1n) is 6.29. The van der Waals surface area contributed by atoms with Crippen molar-refractivity contribution in [2.24, 2.45) is 0 Å². The minimum atomic E-state index is -0.133. The maximum absolute atomic E-state index is 12.2. The molecule has 2 rings (SSSR count). The van der Waals surface area contributed by atoms with Crippen molar-refractivity contribution in [3.05, 3.63) is 18.3 Å². The molecule has 5 nitrogen and oxygen atoms in total. The first-order chi connectivity index (χ1) is 8.61. The van der Waals surface area contributed by atoms with Gasteiger partial charge >= 0.3 is 0 Å². The van der Waals surface area contributed by atoms with Crippen molar-refractivity contribution < 1.29 is 4.79 Å². The Morgan fingerprint density at radius 1 is 1.50 bits per heavy atom. The molecule has 1 aliphatic rings. The van der Waals surface area contributed by atoms with E-state index in [2.05, 4.69) is 4.98 Å². The normalized spacial score (nSPS) is 19.7. The Balaban J connectivity index is 2.29. The number of nitrogen functional groups attached to an aromatic ring is 1. The van der Waals surface area contributed by atoms with Crippen molar-refractivity contribution in [3.8, 4) is 0 Å². The van der Waals surface area contributed by atoms with E-state index in [0.717, 1.165) is 31.6 Å². The molecule has 18 heavy (non-hydrogen) atoms. The Morgan fingerprint density at radius 2 is 2.28 bits per heavy atom. The van der Waals surface area contributed by atoms with E-state index in [-0.39, 0.29) is 11.9 Å². The van der Waals surface area contributed by atoms with E-state index in [1.54, 1.807) is 25.2 Å². The molecule has 5 heteroatoms. The Kier molecular flexibility index (Phi) is 3.69. The molecule has 1 aromatic rings. The van der Waals surface area contributed by atoms with Crippen molar-refractivity contribution >= 4 is 17.4 Å². The molecule has 0 radical (unpaired) electrons. The van der Waals surface area contributed by atoms with Gasteiger partial charge in [-0.2, -0.15) is 0 Å². The number of hydrogen-bond acceptors (Lipinski definition) is 4. The number of likely N-dealkylation sites (N-methyl/N-ethyl adjacent to an activating group) is 1. The van der Waals surface area contributed by atoms with Crippen molar-refractivity contribution in [1.29, 1.82) is 0 Å². The quantitative estimate of drug-likeness (QED) is 0.851. The lowest BCUT2D eigenvalue weighted by Gasteiger charge is -2.37. The molecule has 0 bridgehead atoms. The molecule has 1 saturated heterocycles. The van der Waals surface area contributed by atoms with Crippen LogP contribution in [0.3, 0.4) is 0 Å². The van der Waals surface area contributed by atoms with Gasteiger partial charge in [0.05, 0.1) is 5.69 Å². The van der Waals surface area contributed by atoms with E-state index in [0.29, 0.717) is 5.69 Å². The predicted molar refractivity (Wildman–Crippen MR) is 72.3 cm³/mol. The van der Waals surface area contributed by atoms with Crippen LogP contribution in [0.5, 0.6) is 0 Å². The zero-order valence-electron chi connectivity index (χ0n) is 11.0. The molecule has 1 aromatic heterocycles. The van der Waals surface area contributed by atoms with Crippen LogP contribution in [-0.2, 0) is 4.79 Å². The van der Waals surface area contributed by atoms with E-state index in [4.69, 9.17) is 5.73 Å². The Bertz CT molecular complexity index is 433. The lowest BCUT2D eigenvalue weighted by Crippen LogP contribution is -2.49. The Labute approximate surface area is 108 Å². The Morgan fingerprint density at radius 3 is 2.94 bits per heavy atom. The highest BCUT2D eigenvalue weighted by atomic mass is 16.2. The topological polar surface area (TPSA) is 62.5 Å². The van der Waals surface area contributed by atoms with Gasteiger partial charge in [0.15, 0.2) is 5.82 Å². The average molecular weight is 248 g/mol. The number of pyridine rings is 1. The van der Waals surface area contributed by atoms with Crippen molar-refractivity contribution in [2.75, 3.05) is 31.3 Å². The number of carbonyl (C=O) groups excluding carboxylic acids is 1. The summed E-state index contributed by atoms with van der Waals surface area (Å²) < 4.78 is 0. The molecule has 1 fully saturated rings. The number of carbonyl (C=O) groups is 1. The van der Waals surface area contributed by atoms with Crippen LogP contribution in [-0.4, -0.2) is 42.5 Å². The molecule has 0 aromatic carbocycles. The summed E-state index contributed by atoms with van der Waals surface area (Å²) in [5, 5.41) is 0. The highest BCUT2D eigenvalue weighted by molar-refractivity contribution is 5.86. The van der Waals surface area contributed by atoms with Crippen LogP contribution >= 0.6 is 0 Å². The van der Waals surface area contributed by atoms with E-state index in [9.17, 15) is 4.79 Å². The van der Waals surface area contributed by atoms with Gasteiger partial charge in [0.25, 0.3) is 0 Å². The second kappa shape index (κ2) is 5.25. The minimum absolute atomic E-state index is 0.125. The van der Waals surface area contributed by atoms with Gasteiger partial charge in [-0.1, -0.05) is 0 Å². The number of hydrogen-bond donors (Lipinski definition) is 1. The molecule has 1 amide bonds. The first kappa shape index (κ1) is 12.7. The third-order valence-corrected chi connectivity index (χ3v) is 3.32. The summed E-state index contributed by atoms with van der Waals surface area (Å²) in [6.45, 7) is 0.839. The fraction of sp³-hybridized carbons (Fsp3) is 0.538. The lowest BCUT2D eigenvalue weighted by molar-refractivity contribution is -0.130. The number of piperidine rings is 1. The maximum atomic E-state index is 12.2. The molecule has 2 N–H and O–H groups in total. The van der Waals surface area contributed by atoms with E-state index in [1.807, 2.05) is 17.0 Å². The van der Waals surface area contributed by atoms with E-state index >= 15 is 0 Å². The second-order valence-corrected chi connectivity index (χ2v) is 4.85. The van der Waals surface area contributed by atoms with Gasteiger partial charge in [-0.25, -0.2) is 4.98 Å². The highest BCUT2D eigenvalue weighted by Gasteiger charge is 2.31. The molecule has 2 heterocycles. The molecule has 98 valence electrons. The van der Waals surface area contributed by atoms with Crippen molar-refractivity contribution in [2.45, 2.75) is 25.3 Å². The largest absolute Gasteiger partial charge is 0.396 e. The third kappa shape index (κ3) is 2.39. The SMILES string of the molecule is CN(C)C(=O)[C@H]1CCCCN1c1ncccc1N. The zero-order valence-corrected chi connectivity index (χ0v) is 11.0. The zero-order chi connectivity index (χ0) is 13.1. The van der Waals surface area contributed by atoms with Crippen LogP contribution in [0.15, 0.2) is 18.3 Å². The summed E-state index contributed by atoms with van der Waals surface area (Å²) in [7, 11) is 3.58. The van der Waals surface area contributed by atoms with Crippen LogP contribution in [0.25, 0.3) is 0 Å². The second-order valence-electron chi connectivity index (χ2n) is 4.85. The first-order valence-corrected chi connectivity index (χ1v) is 6.29. The van der Waals surface area contributed by atoms with Gasteiger partial charge in [0.2, 0.25) is 5.91 Å². The number of aromatic nitrogens is 1. The minimum Gasteiger partial charge on any atom is -0.396 e. The fourth-order valence-electron chi connectivity index (χ4n) is 2.39. The summed E-state index contributed by atoms with van der Waals surface area (Å²) in [4.78, 5) is 20.2. The number of amides is 1. The Hall–Kier alpha value is -1.78. The number of nitrogens with zero attached hydrogens (tertiary/aromatic N) is 3. The van der Waals surface area contributed by atoms with Crippen LogP contribution in [0.1, 0.15) is 19.3 Å². The van der Waals surface area contributed by atoms with Crippen LogP contribution < -0.4 is 10.6 Å². The summed E-state index contributed by atoms with van der Waals surface area (Å²) in [6.07, 6.45) is 4.74. The van der Waals surface area contributed by atoms with E-state index < -0.39 is 0 Å². The van der Waals surface area contributed by atoms with Crippen LogP contribution in [0, 0.1) is 0 Å². The van der Waals surface area contributed by atoms with Crippen molar-refractivity contribution in [1.82, 2.24) is 9.88 Å². The standard InChI is InChI=1S/C13H20N4O/c1-16(2)13(18)11-7-3-4-9-17(11)12-10(14)6-5-8-15-12/h5-6,8,11H,3-4,7,9,14H2,1-2H3/t11-/m1/s1. The van der Waals surface area contributed by atoms with Gasteiger partial charge in [-0.05, 0) is 31.4 Å². The molecule has 0 unspecified atom stereocenters. The summed E-state index contributed by atoms with van der Waals surface area (Å²) in [5.41, 5.74) is 6.60. The summed E-state index contributed by atoms with van der Waals surface area (Å²) in [6, 6.07) is 3.51. The van der Waals surface area contributed by atoms with Gasteiger partial charge in [-0.3, -0.25) is 4.79 Å². The number of nitrogens with two attached hydrogens (primary N) is 1. The third-order valence-electron chi connectivity index (χ3n) is 3.32. The molecule has 0 spiro atoms. The monoisotopic (exact) mass is 248 g/mol. The fourth-order valence-corrected chi connectivity index (χ4v) is 2.39. The van der Waals surface area contributed by atoms with Gasteiger partial charge < -0.3 is 15.5 Å². The van der Waals surface area contributed by atoms with Gasteiger partial charge in [0, 0.05) is 26.8 Å². The lowest BCUT2D eigenvalue weighted by atomic mass is 10.0. The average Bonchev–Trinajstić information content (AvgIpc) is 2.38. The maximum Gasteiger partial charge on any atom is 0.244 e. The molecule has 1 atom stereocenters. The van der Waals surface area contributed by atoms with E-state index in [1.165, 1.54) is 0 Å². The molecular formula is C13H20N4O. The summed E-state index contributed by atoms with van der Waals surface area (Å²) in [5.74, 6) is 0.858. The van der Waals surface area contributed by atoms with Crippen LogP contribution in [0.4, 0.5) is 11.5 Å². The van der Waals surface area contributed by atoms with Gasteiger partial charge in [-0.15, -0.1) is 0 Å². The number of rotatable bonds is 2.